The fourth-order valence-corrected chi connectivity index (χ4v) is 2.04. The Morgan fingerprint density at radius 3 is 2.00 bits per heavy atom. The van der Waals surface area contributed by atoms with Crippen LogP contribution in [0, 0.1) is 5.92 Å². The van der Waals surface area contributed by atoms with Crippen LogP contribution in [0.3, 0.4) is 0 Å². The number of carbonyl (C=O) groups is 2. The van der Waals surface area contributed by atoms with E-state index in [1.807, 2.05) is 0 Å². The van der Waals surface area contributed by atoms with Crippen LogP contribution in [0.5, 0.6) is 5.75 Å². The van der Waals surface area contributed by atoms with Crippen molar-refractivity contribution in [2.45, 2.75) is 20.5 Å². The van der Waals surface area contributed by atoms with Gasteiger partial charge >= 0.3 is 6.61 Å². The van der Waals surface area contributed by atoms with E-state index in [1.165, 1.54) is 18.2 Å². The Bertz CT molecular complexity index is 801. The predicted molar refractivity (Wildman–Crippen MR) is 101 cm³/mol. The Morgan fingerprint density at radius 2 is 1.48 bits per heavy atom. The standard InChI is InChI=1S/C20H20F2N2O3/c1-13(2)19(26)24-16-8-6-15(7-9-16)23-18(25)12-5-14-3-10-17(11-4-14)27-20(21)22/h3-13,20H,1-2H3,(H,23,25)(H,24,26)/b12-5+. The van der Waals surface area contributed by atoms with Crippen molar-refractivity contribution < 1.29 is 23.1 Å². The fourth-order valence-electron chi connectivity index (χ4n) is 2.04. The number of halogens is 2. The van der Waals surface area contributed by atoms with E-state index in [2.05, 4.69) is 15.4 Å². The summed E-state index contributed by atoms with van der Waals surface area (Å²) in [7, 11) is 0. The van der Waals surface area contributed by atoms with Crippen molar-refractivity contribution in [3.63, 3.8) is 0 Å². The minimum absolute atomic E-state index is 0.0521. The van der Waals surface area contributed by atoms with E-state index in [1.54, 1.807) is 56.3 Å². The molecule has 0 aromatic heterocycles. The first-order valence-electron chi connectivity index (χ1n) is 8.28. The van der Waals surface area contributed by atoms with Gasteiger partial charge < -0.3 is 15.4 Å². The van der Waals surface area contributed by atoms with Gasteiger partial charge in [0, 0.05) is 23.4 Å². The smallest absolute Gasteiger partial charge is 0.387 e. The molecule has 0 atom stereocenters. The van der Waals surface area contributed by atoms with E-state index in [0.717, 1.165) is 0 Å². The van der Waals surface area contributed by atoms with Crippen LogP contribution in [0.4, 0.5) is 20.2 Å². The summed E-state index contributed by atoms with van der Waals surface area (Å²) in [5, 5.41) is 5.45. The number of carbonyl (C=O) groups excluding carboxylic acids is 2. The minimum atomic E-state index is -2.87. The lowest BCUT2D eigenvalue weighted by molar-refractivity contribution is -0.119. The SMILES string of the molecule is CC(C)C(=O)Nc1ccc(NC(=O)/C=C/c2ccc(OC(F)F)cc2)cc1. The van der Waals surface area contributed by atoms with E-state index < -0.39 is 6.61 Å². The largest absolute Gasteiger partial charge is 0.435 e. The zero-order valence-corrected chi connectivity index (χ0v) is 14.9. The molecule has 0 aliphatic heterocycles. The molecule has 5 nitrogen and oxygen atoms in total. The molecule has 0 bridgehead atoms. The summed E-state index contributed by atoms with van der Waals surface area (Å²) in [6.07, 6.45) is 2.89. The van der Waals surface area contributed by atoms with Crippen molar-refractivity contribution in [1.82, 2.24) is 0 Å². The zero-order chi connectivity index (χ0) is 19.8. The third kappa shape index (κ3) is 6.89. The summed E-state index contributed by atoms with van der Waals surface area (Å²) in [5.74, 6) is -0.497. The highest BCUT2D eigenvalue weighted by molar-refractivity contribution is 6.02. The van der Waals surface area contributed by atoms with Gasteiger partial charge in [0.05, 0.1) is 0 Å². The van der Waals surface area contributed by atoms with Crippen molar-refractivity contribution >= 4 is 29.3 Å². The first kappa shape index (κ1) is 20.1. The third-order valence-electron chi connectivity index (χ3n) is 3.48. The van der Waals surface area contributed by atoms with Gasteiger partial charge in [-0.05, 0) is 48.0 Å². The minimum Gasteiger partial charge on any atom is -0.435 e. The highest BCUT2D eigenvalue weighted by Gasteiger charge is 2.07. The van der Waals surface area contributed by atoms with Crippen LogP contribution in [0.15, 0.2) is 54.6 Å². The van der Waals surface area contributed by atoms with Crippen LogP contribution in [0.1, 0.15) is 19.4 Å². The Morgan fingerprint density at radius 1 is 0.926 bits per heavy atom. The normalized spacial score (nSPS) is 11.0. The average Bonchev–Trinajstić information content (AvgIpc) is 2.62. The molecule has 0 unspecified atom stereocenters. The first-order valence-corrected chi connectivity index (χ1v) is 8.28. The fraction of sp³-hybridized carbons (Fsp3) is 0.200. The highest BCUT2D eigenvalue weighted by atomic mass is 19.3. The van der Waals surface area contributed by atoms with Crippen LogP contribution in [-0.4, -0.2) is 18.4 Å². The molecule has 2 rings (SSSR count). The second kappa shape index (κ2) is 9.47. The Hall–Kier alpha value is -3.22. The summed E-state index contributed by atoms with van der Waals surface area (Å²) in [5.41, 5.74) is 1.89. The number of benzene rings is 2. The lowest BCUT2D eigenvalue weighted by Crippen LogP contribution is -2.17. The van der Waals surface area contributed by atoms with Gasteiger partial charge in [0.15, 0.2) is 0 Å². The monoisotopic (exact) mass is 374 g/mol. The van der Waals surface area contributed by atoms with Gasteiger partial charge in [-0.1, -0.05) is 26.0 Å². The van der Waals surface area contributed by atoms with Gasteiger partial charge in [-0.3, -0.25) is 9.59 Å². The van der Waals surface area contributed by atoms with Crippen molar-refractivity contribution in [3.8, 4) is 5.75 Å². The maximum atomic E-state index is 12.1. The summed E-state index contributed by atoms with van der Waals surface area (Å²) < 4.78 is 28.4. The number of nitrogens with one attached hydrogen (secondary N) is 2. The quantitative estimate of drug-likeness (QED) is 0.700. The maximum absolute atomic E-state index is 12.1. The molecule has 0 fully saturated rings. The molecule has 0 aliphatic carbocycles. The molecule has 2 aromatic rings. The molecule has 2 amide bonds. The van der Waals surface area contributed by atoms with Crippen LogP contribution in [0.25, 0.3) is 6.08 Å². The molecule has 0 heterocycles. The number of anilines is 2. The molecular formula is C20H20F2N2O3. The van der Waals surface area contributed by atoms with Gasteiger partial charge in [0.2, 0.25) is 11.8 Å². The summed E-state index contributed by atoms with van der Waals surface area (Å²) in [4.78, 5) is 23.6. The summed E-state index contributed by atoms with van der Waals surface area (Å²) in [6.45, 7) is 0.730. The number of ether oxygens (including phenoxy) is 1. The molecule has 7 heteroatoms. The van der Waals surface area contributed by atoms with Gasteiger partial charge in [-0.25, -0.2) is 0 Å². The van der Waals surface area contributed by atoms with Crippen LogP contribution >= 0.6 is 0 Å². The molecular weight excluding hydrogens is 354 g/mol. The Labute approximate surface area is 156 Å². The van der Waals surface area contributed by atoms with Crippen molar-refractivity contribution in [2.24, 2.45) is 5.92 Å². The lowest BCUT2D eigenvalue weighted by Gasteiger charge is -2.08. The van der Waals surface area contributed by atoms with Crippen LogP contribution < -0.4 is 15.4 Å². The summed E-state index contributed by atoms with van der Waals surface area (Å²) >= 11 is 0. The van der Waals surface area contributed by atoms with E-state index in [9.17, 15) is 18.4 Å². The van der Waals surface area contributed by atoms with E-state index in [-0.39, 0.29) is 23.5 Å². The van der Waals surface area contributed by atoms with Crippen LogP contribution in [0.2, 0.25) is 0 Å². The van der Waals surface area contributed by atoms with Gasteiger partial charge in [0.1, 0.15) is 5.75 Å². The van der Waals surface area contributed by atoms with Gasteiger partial charge in [-0.15, -0.1) is 0 Å². The molecule has 0 saturated heterocycles. The molecule has 0 saturated carbocycles. The van der Waals surface area contributed by atoms with E-state index in [0.29, 0.717) is 16.9 Å². The number of rotatable bonds is 7. The number of alkyl halides is 2. The van der Waals surface area contributed by atoms with Gasteiger partial charge in [0.25, 0.3) is 0 Å². The Kier molecular flexibility index (Phi) is 7.05. The van der Waals surface area contributed by atoms with Crippen molar-refractivity contribution in [1.29, 1.82) is 0 Å². The molecule has 0 radical (unpaired) electrons. The Balaban J connectivity index is 1.89. The van der Waals surface area contributed by atoms with Crippen LogP contribution in [-0.2, 0) is 9.59 Å². The van der Waals surface area contributed by atoms with E-state index >= 15 is 0 Å². The zero-order valence-electron chi connectivity index (χ0n) is 14.9. The maximum Gasteiger partial charge on any atom is 0.387 e. The second-order valence-electron chi connectivity index (χ2n) is 5.99. The average molecular weight is 374 g/mol. The van der Waals surface area contributed by atoms with E-state index in [4.69, 9.17) is 0 Å². The summed E-state index contributed by atoms with van der Waals surface area (Å²) in [6, 6.07) is 12.7. The van der Waals surface area contributed by atoms with Crippen molar-refractivity contribution in [3.05, 3.63) is 60.2 Å². The first-order chi connectivity index (χ1) is 12.8. The number of amides is 2. The molecule has 27 heavy (non-hydrogen) atoms. The number of hydrogen-bond acceptors (Lipinski definition) is 3. The molecule has 142 valence electrons. The lowest BCUT2D eigenvalue weighted by atomic mass is 10.2. The third-order valence-corrected chi connectivity index (χ3v) is 3.48. The van der Waals surface area contributed by atoms with Gasteiger partial charge in [-0.2, -0.15) is 8.78 Å². The van der Waals surface area contributed by atoms with Crippen molar-refractivity contribution in [2.75, 3.05) is 10.6 Å². The number of hydrogen-bond donors (Lipinski definition) is 2. The second-order valence-corrected chi connectivity index (χ2v) is 5.99. The predicted octanol–water partition coefficient (Wildman–Crippen LogP) is 4.53. The molecule has 2 N–H and O–H groups in total. The topological polar surface area (TPSA) is 67.4 Å². The molecule has 2 aromatic carbocycles. The highest BCUT2D eigenvalue weighted by Crippen LogP contribution is 2.16. The molecule has 0 spiro atoms. The molecule has 0 aliphatic rings.